The fourth-order valence-electron chi connectivity index (χ4n) is 3.26. The van der Waals surface area contributed by atoms with E-state index in [2.05, 4.69) is 10.6 Å². The summed E-state index contributed by atoms with van der Waals surface area (Å²) in [6, 6.07) is 4.79. The number of rotatable bonds is 6. The maximum Gasteiger partial charge on any atom is 0.293 e. The average Bonchev–Trinajstić information content (AvgIpc) is 3.45. The number of nitrogens with one attached hydrogen (secondary N) is 2. The van der Waals surface area contributed by atoms with E-state index in [1.807, 2.05) is 18.7 Å². The van der Waals surface area contributed by atoms with Gasteiger partial charge in [0.2, 0.25) is 5.91 Å². The first-order chi connectivity index (χ1) is 12.8. The van der Waals surface area contributed by atoms with Crippen LogP contribution in [-0.4, -0.2) is 41.9 Å². The lowest BCUT2D eigenvalue weighted by Crippen LogP contribution is -2.48. The molecule has 27 heavy (non-hydrogen) atoms. The Hall–Kier alpha value is -2.64. The van der Waals surface area contributed by atoms with Gasteiger partial charge in [-0.1, -0.05) is 13.8 Å². The van der Waals surface area contributed by atoms with Crippen molar-refractivity contribution in [2.75, 3.05) is 18.0 Å². The van der Waals surface area contributed by atoms with Crippen LogP contribution in [0.3, 0.4) is 0 Å². The molecular weight excluding hydrogens is 348 g/mol. The summed E-state index contributed by atoms with van der Waals surface area (Å²) in [6.45, 7) is 4.88. The fourth-order valence-corrected chi connectivity index (χ4v) is 3.26. The molecule has 0 radical (unpaired) electrons. The minimum atomic E-state index is -0.445. The van der Waals surface area contributed by atoms with E-state index >= 15 is 0 Å². The zero-order valence-electron chi connectivity index (χ0n) is 15.7. The molecule has 1 aromatic rings. The Morgan fingerprint density at radius 3 is 2.56 bits per heavy atom. The molecule has 1 aliphatic carbocycles. The second kappa shape index (κ2) is 7.94. The second-order valence-corrected chi connectivity index (χ2v) is 7.66. The van der Waals surface area contributed by atoms with Crippen LogP contribution in [0.4, 0.5) is 11.4 Å². The lowest BCUT2D eigenvalue weighted by Gasteiger charge is -2.34. The molecule has 2 N–H and O–H groups in total. The maximum atomic E-state index is 12.2. The summed E-state index contributed by atoms with van der Waals surface area (Å²) in [5.74, 6) is -0.379. The zero-order chi connectivity index (χ0) is 19.6. The van der Waals surface area contributed by atoms with Crippen LogP contribution in [0.15, 0.2) is 18.2 Å². The first kappa shape index (κ1) is 19.1. The summed E-state index contributed by atoms with van der Waals surface area (Å²) in [6.07, 6.45) is 3.61. The van der Waals surface area contributed by atoms with E-state index in [0.717, 1.165) is 25.7 Å². The van der Waals surface area contributed by atoms with Gasteiger partial charge in [-0.3, -0.25) is 19.7 Å². The largest absolute Gasteiger partial charge is 0.364 e. The molecule has 0 bridgehead atoms. The third kappa shape index (κ3) is 4.75. The van der Waals surface area contributed by atoms with Crippen LogP contribution >= 0.6 is 0 Å². The van der Waals surface area contributed by atoms with Gasteiger partial charge in [-0.25, -0.2) is 0 Å². The molecule has 1 saturated heterocycles. The summed E-state index contributed by atoms with van der Waals surface area (Å²) in [5, 5.41) is 17.5. The molecule has 2 amide bonds. The molecule has 8 nitrogen and oxygen atoms in total. The highest BCUT2D eigenvalue weighted by atomic mass is 16.6. The number of carbonyl (C=O) groups excluding carboxylic acids is 2. The first-order valence-electron chi connectivity index (χ1n) is 9.49. The van der Waals surface area contributed by atoms with E-state index in [1.54, 1.807) is 12.1 Å². The van der Waals surface area contributed by atoms with Crippen molar-refractivity contribution in [2.24, 2.45) is 5.92 Å². The molecule has 1 unspecified atom stereocenters. The number of nitrogens with zero attached hydrogens (tertiary/aromatic N) is 2. The minimum absolute atomic E-state index is 0.0107. The summed E-state index contributed by atoms with van der Waals surface area (Å²) in [4.78, 5) is 37.2. The zero-order valence-corrected chi connectivity index (χ0v) is 15.7. The molecule has 3 rings (SSSR count). The van der Waals surface area contributed by atoms with E-state index in [1.165, 1.54) is 6.07 Å². The topological polar surface area (TPSA) is 105 Å². The summed E-state index contributed by atoms with van der Waals surface area (Å²) >= 11 is 0. The van der Waals surface area contributed by atoms with Gasteiger partial charge in [0, 0.05) is 42.7 Å². The number of hydrogen-bond donors (Lipinski definition) is 2. The van der Waals surface area contributed by atoms with Gasteiger partial charge in [-0.2, -0.15) is 0 Å². The SMILES string of the molecule is CC(C)C(=O)NC1CCCN(c2ccc(C(=O)NC3CC3)cc2[N+](=O)[O-])C1. The predicted octanol–water partition coefficient (Wildman–Crippen LogP) is 2.23. The van der Waals surface area contributed by atoms with Crippen LogP contribution in [0.1, 0.15) is 49.9 Å². The van der Waals surface area contributed by atoms with Crippen molar-refractivity contribution in [3.8, 4) is 0 Å². The number of nitro benzene ring substituents is 1. The third-order valence-corrected chi connectivity index (χ3v) is 4.98. The van der Waals surface area contributed by atoms with Crippen LogP contribution in [0.25, 0.3) is 0 Å². The van der Waals surface area contributed by atoms with Crippen LogP contribution in [0, 0.1) is 16.0 Å². The lowest BCUT2D eigenvalue weighted by molar-refractivity contribution is -0.384. The van der Waals surface area contributed by atoms with Gasteiger partial charge in [0.05, 0.1) is 4.92 Å². The highest BCUT2D eigenvalue weighted by molar-refractivity contribution is 5.96. The molecule has 1 aliphatic heterocycles. The third-order valence-electron chi connectivity index (χ3n) is 4.98. The van der Waals surface area contributed by atoms with E-state index in [4.69, 9.17) is 0 Å². The molecule has 8 heteroatoms. The predicted molar refractivity (Wildman–Crippen MR) is 102 cm³/mol. The van der Waals surface area contributed by atoms with Crippen LogP contribution < -0.4 is 15.5 Å². The number of piperidine rings is 1. The highest BCUT2D eigenvalue weighted by Crippen LogP contribution is 2.32. The summed E-state index contributed by atoms with van der Waals surface area (Å²) < 4.78 is 0. The molecule has 146 valence electrons. The number of amides is 2. The van der Waals surface area contributed by atoms with Gasteiger partial charge in [-0.05, 0) is 37.8 Å². The van der Waals surface area contributed by atoms with Crippen molar-refractivity contribution in [1.82, 2.24) is 10.6 Å². The Morgan fingerprint density at radius 1 is 1.19 bits per heavy atom. The van der Waals surface area contributed by atoms with Crippen molar-refractivity contribution in [2.45, 2.75) is 51.6 Å². The molecule has 1 heterocycles. The smallest absolute Gasteiger partial charge is 0.293 e. The number of carbonyl (C=O) groups is 2. The average molecular weight is 374 g/mol. The van der Waals surface area contributed by atoms with E-state index in [-0.39, 0.29) is 35.5 Å². The van der Waals surface area contributed by atoms with Gasteiger partial charge in [0.25, 0.3) is 11.6 Å². The first-order valence-corrected chi connectivity index (χ1v) is 9.49. The molecule has 2 fully saturated rings. The van der Waals surface area contributed by atoms with Crippen molar-refractivity contribution in [3.63, 3.8) is 0 Å². The molecule has 2 aliphatic rings. The summed E-state index contributed by atoms with van der Waals surface area (Å²) in [7, 11) is 0. The Morgan fingerprint density at radius 2 is 1.93 bits per heavy atom. The number of anilines is 1. The van der Waals surface area contributed by atoms with Gasteiger partial charge < -0.3 is 15.5 Å². The standard InChI is InChI=1S/C19H26N4O4/c1-12(2)18(24)21-15-4-3-9-22(11-15)16-8-5-13(10-17(16)23(26)27)19(25)20-14-6-7-14/h5,8,10,12,14-15H,3-4,6-7,9,11H2,1-2H3,(H,20,25)(H,21,24). The number of hydrogen-bond acceptors (Lipinski definition) is 5. The monoisotopic (exact) mass is 374 g/mol. The Kier molecular flexibility index (Phi) is 5.62. The molecule has 1 aromatic carbocycles. The number of nitro groups is 1. The molecular formula is C19H26N4O4. The van der Waals surface area contributed by atoms with E-state index in [9.17, 15) is 19.7 Å². The molecule has 1 saturated carbocycles. The quantitative estimate of drug-likeness (QED) is 0.587. The van der Waals surface area contributed by atoms with Gasteiger partial charge in [0.1, 0.15) is 5.69 Å². The normalized spacial score (nSPS) is 19.7. The van der Waals surface area contributed by atoms with E-state index < -0.39 is 4.92 Å². The Balaban J connectivity index is 1.76. The Labute approximate surface area is 158 Å². The Bertz CT molecular complexity index is 745. The van der Waals surface area contributed by atoms with Gasteiger partial charge >= 0.3 is 0 Å². The fraction of sp³-hybridized carbons (Fsp3) is 0.579. The maximum absolute atomic E-state index is 12.2. The van der Waals surface area contributed by atoms with Crippen molar-refractivity contribution < 1.29 is 14.5 Å². The summed E-state index contributed by atoms with van der Waals surface area (Å²) in [5.41, 5.74) is 0.722. The minimum Gasteiger partial charge on any atom is -0.364 e. The van der Waals surface area contributed by atoms with Crippen molar-refractivity contribution in [1.29, 1.82) is 0 Å². The number of benzene rings is 1. The van der Waals surface area contributed by atoms with Crippen LogP contribution in [0.5, 0.6) is 0 Å². The molecule has 1 atom stereocenters. The van der Waals surface area contributed by atoms with Crippen molar-refractivity contribution >= 4 is 23.2 Å². The van der Waals surface area contributed by atoms with Crippen LogP contribution in [-0.2, 0) is 4.79 Å². The van der Waals surface area contributed by atoms with E-state index in [0.29, 0.717) is 24.3 Å². The van der Waals surface area contributed by atoms with Crippen molar-refractivity contribution in [3.05, 3.63) is 33.9 Å². The lowest BCUT2D eigenvalue weighted by atomic mass is 10.0. The van der Waals surface area contributed by atoms with Crippen LogP contribution in [0.2, 0.25) is 0 Å². The molecule has 0 aromatic heterocycles. The van der Waals surface area contributed by atoms with Gasteiger partial charge in [0.15, 0.2) is 0 Å². The van der Waals surface area contributed by atoms with Gasteiger partial charge in [-0.15, -0.1) is 0 Å². The molecule has 0 spiro atoms. The highest BCUT2D eigenvalue weighted by Gasteiger charge is 2.29. The second-order valence-electron chi connectivity index (χ2n) is 7.66.